The van der Waals surface area contributed by atoms with Crippen LogP contribution in [0.3, 0.4) is 0 Å². The molecule has 0 amide bonds. The molecule has 1 saturated heterocycles. The van der Waals surface area contributed by atoms with Crippen LogP contribution in [0.15, 0.2) is 0 Å². The maximum atomic E-state index is 12.0. The summed E-state index contributed by atoms with van der Waals surface area (Å²) in [6.45, 7) is 5.44. The molecule has 102 valence electrons. The van der Waals surface area contributed by atoms with Gasteiger partial charge in [-0.05, 0) is 33.5 Å². The van der Waals surface area contributed by atoms with Gasteiger partial charge in [0.2, 0.25) is 0 Å². The smallest absolute Gasteiger partial charge is 0.307 e. The number of nitrogens with zero attached hydrogens (tertiary/aromatic N) is 2. The van der Waals surface area contributed by atoms with Crippen LogP contribution in [0.2, 0.25) is 0 Å². The van der Waals surface area contributed by atoms with Crippen LogP contribution in [0.5, 0.6) is 0 Å². The summed E-state index contributed by atoms with van der Waals surface area (Å²) in [5.41, 5.74) is 0. The monoisotopic (exact) mass is 253 g/mol. The molecular weight excluding hydrogens is 231 g/mol. The molecule has 0 radical (unpaired) electrons. The number of nitrogens with one attached hydrogen (secondary N) is 1. The van der Waals surface area contributed by atoms with Gasteiger partial charge in [-0.25, -0.2) is 0 Å². The van der Waals surface area contributed by atoms with E-state index >= 15 is 0 Å². The van der Waals surface area contributed by atoms with E-state index in [0.717, 1.165) is 32.6 Å². The second kappa shape index (κ2) is 6.56. The zero-order valence-corrected chi connectivity index (χ0v) is 10.6. The lowest BCUT2D eigenvalue weighted by Crippen LogP contribution is -2.44. The van der Waals surface area contributed by atoms with Crippen LogP contribution < -0.4 is 5.32 Å². The SMILES string of the molecule is CC(CNCC(F)(F)F)N1CCCN(C)CC1. The van der Waals surface area contributed by atoms with Crippen molar-refractivity contribution >= 4 is 0 Å². The molecule has 17 heavy (non-hydrogen) atoms. The highest BCUT2D eigenvalue weighted by Crippen LogP contribution is 2.12. The Kier molecular flexibility index (Phi) is 5.69. The number of alkyl halides is 3. The highest BCUT2D eigenvalue weighted by Gasteiger charge is 2.27. The molecule has 6 heteroatoms. The minimum Gasteiger partial charge on any atom is -0.307 e. The van der Waals surface area contributed by atoms with Gasteiger partial charge in [0.05, 0.1) is 6.54 Å². The fraction of sp³-hybridized carbons (Fsp3) is 1.00. The Bertz CT molecular complexity index is 220. The van der Waals surface area contributed by atoms with Gasteiger partial charge in [-0.3, -0.25) is 4.90 Å². The Morgan fingerprint density at radius 3 is 2.53 bits per heavy atom. The molecule has 1 unspecified atom stereocenters. The van der Waals surface area contributed by atoms with E-state index in [1.165, 1.54) is 0 Å². The van der Waals surface area contributed by atoms with Crippen molar-refractivity contribution in [2.75, 3.05) is 46.3 Å². The van der Waals surface area contributed by atoms with E-state index in [1.54, 1.807) is 0 Å². The van der Waals surface area contributed by atoms with Crippen molar-refractivity contribution in [3.63, 3.8) is 0 Å². The maximum absolute atomic E-state index is 12.0. The average Bonchev–Trinajstić information content (AvgIpc) is 2.41. The summed E-state index contributed by atoms with van der Waals surface area (Å²) >= 11 is 0. The van der Waals surface area contributed by atoms with E-state index in [4.69, 9.17) is 0 Å². The Hall–Kier alpha value is -0.330. The molecule has 0 aromatic heterocycles. The Morgan fingerprint density at radius 2 is 1.88 bits per heavy atom. The lowest BCUT2D eigenvalue weighted by Gasteiger charge is -2.28. The van der Waals surface area contributed by atoms with Crippen molar-refractivity contribution in [2.24, 2.45) is 0 Å². The fourth-order valence-electron chi connectivity index (χ4n) is 2.06. The topological polar surface area (TPSA) is 18.5 Å². The van der Waals surface area contributed by atoms with Gasteiger partial charge in [0.15, 0.2) is 0 Å². The predicted molar refractivity (Wildman–Crippen MR) is 62.1 cm³/mol. The predicted octanol–water partition coefficient (Wildman–Crippen LogP) is 1.16. The van der Waals surface area contributed by atoms with E-state index < -0.39 is 12.7 Å². The van der Waals surface area contributed by atoms with Crippen LogP contribution in [0.25, 0.3) is 0 Å². The third-order valence-corrected chi connectivity index (χ3v) is 3.14. The van der Waals surface area contributed by atoms with Gasteiger partial charge in [0.25, 0.3) is 0 Å². The Labute approximate surface area is 101 Å². The van der Waals surface area contributed by atoms with Crippen LogP contribution >= 0.6 is 0 Å². The van der Waals surface area contributed by atoms with E-state index in [1.807, 2.05) is 6.92 Å². The minimum absolute atomic E-state index is 0.156. The molecule has 1 aliphatic heterocycles. The molecule has 0 aliphatic carbocycles. The first-order valence-corrected chi connectivity index (χ1v) is 6.08. The molecule has 1 N–H and O–H groups in total. The normalized spacial score (nSPS) is 22.4. The van der Waals surface area contributed by atoms with E-state index in [-0.39, 0.29) is 6.04 Å². The molecule has 0 aromatic carbocycles. The molecule has 0 aromatic rings. The molecule has 0 bridgehead atoms. The number of halogens is 3. The molecule has 0 saturated carbocycles. The molecule has 1 rings (SSSR count). The minimum atomic E-state index is -4.11. The zero-order valence-electron chi connectivity index (χ0n) is 10.6. The average molecular weight is 253 g/mol. The Morgan fingerprint density at radius 1 is 1.18 bits per heavy atom. The lowest BCUT2D eigenvalue weighted by atomic mass is 10.2. The molecule has 1 aliphatic rings. The molecule has 3 nitrogen and oxygen atoms in total. The summed E-state index contributed by atoms with van der Waals surface area (Å²) in [5.74, 6) is 0. The third kappa shape index (κ3) is 6.24. The van der Waals surface area contributed by atoms with E-state index in [2.05, 4.69) is 22.2 Å². The standard InChI is InChI=1S/C11H22F3N3/c1-10(8-15-9-11(12,13)14)17-5-3-4-16(2)6-7-17/h10,15H,3-9H2,1-2H3. The van der Waals surface area contributed by atoms with E-state index in [9.17, 15) is 13.2 Å². The first-order chi connectivity index (χ1) is 7.88. The van der Waals surface area contributed by atoms with Gasteiger partial charge < -0.3 is 10.2 Å². The summed E-state index contributed by atoms with van der Waals surface area (Å²) in [6.07, 6.45) is -3.03. The zero-order chi connectivity index (χ0) is 12.9. The second-order valence-electron chi connectivity index (χ2n) is 4.79. The van der Waals surface area contributed by atoms with Crippen molar-refractivity contribution in [3.8, 4) is 0 Å². The van der Waals surface area contributed by atoms with Crippen LogP contribution in [0.1, 0.15) is 13.3 Å². The van der Waals surface area contributed by atoms with Gasteiger partial charge >= 0.3 is 6.18 Å². The van der Waals surface area contributed by atoms with Gasteiger partial charge in [-0.15, -0.1) is 0 Å². The lowest BCUT2D eigenvalue weighted by molar-refractivity contribution is -0.125. The number of rotatable bonds is 4. The maximum Gasteiger partial charge on any atom is 0.401 e. The van der Waals surface area contributed by atoms with Gasteiger partial charge in [0, 0.05) is 25.7 Å². The second-order valence-corrected chi connectivity index (χ2v) is 4.79. The molecule has 0 spiro atoms. The van der Waals surface area contributed by atoms with Crippen molar-refractivity contribution < 1.29 is 13.2 Å². The Balaban J connectivity index is 2.24. The summed E-state index contributed by atoms with van der Waals surface area (Å²) < 4.78 is 35.9. The van der Waals surface area contributed by atoms with Crippen molar-refractivity contribution in [3.05, 3.63) is 0 Å². The largest absolute Gasteiger partial charge is 0.401 e. The van der Waals surface area contributed by atoms with Crippen LogP contribution in [0.4, 0.5) is 13.2 Å². The van der Waals surface area contributed by atoms with E-state index in [0.29, 0.717) is 6.54 Å². The number of hydrogen-bond donors (Lipinski definition) is 1. The highest BCUT2D eigenvalue weighted by atomic mass is 19.4. The third-order valence-electron chi connectivity index (χ3n) is 3.14. The van der Waals surface area contributed by atoms with Crippen LogP contribution in [-0.2, 0) is 0 Å². The van der Waals surface area contributed by atoms with Crippen molar-refractivity contribution in [1.29, 1.82) is 0 Å². The number of hydrogen-bond acceptors (Lipinski definition) is 3. The van der Waals surface area contributed by atoms with Gasteiger partial charge in [0.1, 0.15) is 0 Å². The first-order valence-electron chi connectivity index (χ1n) is 6.08. The van der Waals surface area contributed by atoms with Crippen LogP contribution in [0, 0.1) is 0 Å². The van der Waals surface area contributed by atoms with Crippen LogP contribution in [-0.4, -0.2) is 68.3 Å². The van der Waals surface area contributed by atoms with Crippen molar-refractivity contribution in [1.82, 2.24) is 15.1 Å². The van der Waals surface area contributed by atoms with Gasteiger partial charge in [-0.2, -0.15) is 13.2 Å². The van der Waals surface area contributed by atoms with Crippen molar-refractivity contribution in [2.45, 2.75) is 25.6 Å². The highest BCUT2D eigenvalue weighted by molar-refractivity contribution is 4.74. The molecular formula is C11H22F3N3. The summed E-state index contributed by atoms with van der Waals surface area (Å²) in [4.78, 5) is 4.52. The summed E-state index contributed by atoms with van der Waals surface area (Å²) in [5, 5.41) is 2.47. The number of likely N-dealkylation sites (N-methyl/N-ethyl adjacent to an activating group) is 1. The molecule has 1 fully saturated rings. The molecule has 1 atom stereocenters. The van der Waals surface area contributed by atoms with Gasteiger partial charge in [-0.1, -0.05) is 0 Å². The fourth-order valence-corrected chi connectivity index (χ4v) is 2.06. The summed E-state index contributed by atoms with van der Waals surface area (Å²) in [6, 6.07) is 0.156. The quantitative estimate of drug-likeness (QED) is 0.811. The summed E-state index contributed by atoms with van der Waals surface area (Å²) in [7, 11) is 2.08. The first kappa shape index (κ1) is 14.7. The molecule has 1 heterocycles.